The van der Waals surface area contributed by atoms with Gasteiger partial charge in [0.1, 0.15) is 5.75 Å². The Morgan fingerprint density at radius 2 is 1.61 bits per heavy atom. The van der Waals surface area contributed by atoms with Crippen LogP contribution in [0.4, 0.5) is 5.69 Å². The number of anilines is 1. The fourth-order valence-corrected chi connectivity index (χ4v) is 3.33. The zero-order valence-corrected chi connectivity index (χ0v) is 17.7. The van der Waals surface area contributed by atoms with Gasteiger partial charge in [0.15, 0.2) is 5.78 Å². The van der Waals surface area contributed by atoms with Crippen molar-refractivity contribution in [3.63, 3.8) is 0 Å². The third-order valence-corrected chi connectivity index (χ3v) is 5.31. The van der Waals surface area contributed by atoms with Crippen molar-refractivity contribution in [2.75, 3.05) is 12.4 Å². The Bertz CT molecular complexity index is 903. The van der Waals surface area contributed by atoms with Crippen LogP contribution in [0, 0.1) is 0 Å². The lowest BCUT2D eigenvalue weighted by Gasteiger charge is -2.20. The number of nitrogens with one attached hydrogen (secondary N) is 1. The Morgan fingerprint density at radius 3 is 2.18 bits per heavy atom. The molecule has 1 N–H and O–H groups in total. The molecule has 4 heteroatoms. The molecule has 3 nitrogen and oxygen atoms in total. The van der Waals surface area contributed by atoms with Crippen molar-refractivity contribution < 1.29 is 9.53 Å². The van der Waals surface area contributed by atoms with Crippen LogP contribution in [-0.4, -0.2) is 12.9 Å². The predicted molar refractivity (Wildman–Crippen MR) is 118 cm³/mol. The second kappa shape index (κ2) is 9.56. The summed E-state index contributed by atoms with van der Waals surface area (Å²) >= 11 is 3.48. The molecule has 3 aromatic rings. The minimum Gasteiger partial charge on any atom is -0.497 e. The Kier molecular flexibility index (Phi) is 6.88. The quantitative estimate of drug-likeness (QED) is 0.411. The highest BCUT2D eigenvalue weighted by Gasteiger charge is 2.17. The van der Waals surface area contributed by atoms with Crippen molar-refractivity contribution in [2.24, 2.45) is 0 Å². The van der Waals surface area contributed by atoms with Gasteiger partial charge in [0, 0.05) is 22.1 Å². The minimum atomic E-state index is -0.116. The Balaban J connectivity index is 1.82. The number of carbonyl (C=O) groups is 1. The van der Waals surface area contributed by atoms with Gasteiger partial charge in [0.05, 0.1) is 13.2 Å². The SMILES string of the molecule is CCc1ccc(NC(CC(=O)c2ccc(OC)cc2)c2ccc(Br)cc2)cc1. The molecule has 0 aliphatic carbocycles. The Hall–Kier alpha value is -2.59. The molecular weight excluding hydrogens is 414 g/mol. The van der Waals surface area contributed by atoms with Gasteiger partial charge in [-0.05, 0) is 66.1 Å². The Labute approximate surface area is 174 Å². The maximum absolute atomic E-state index is 12.9. The number of hydrogen-bond acceptors (Lipinski definition) is 3. The van der Waals surface area contributed by atoms with Crippen LogP contribution in [0.5, 0.6) is 5.75 Å². The van der Waals surface area contributed by atoms with E-state index in [1.807, 2.05) is 48.5 Å². The highest BCUT2D eigenvalue weighted by Crippen LogP contribution is 2.26. The number of benzene rings is 3. The topological polar surface area (TPSA) is 38.3 Å². The number of methoxy groups -OCH3 is 1. The van der Waals surface area contributed by atoms with Crippen molar-refractivity contribution in [2.45, 2.75) is 25.8 Å². The molecule has 0 aliphatic rings. The molecule has 0 saturated carbocycles. The maximum atomic E-state index is 12.9. The van der Waals surface area contributed by atoms with E-state index in [4.69, 9.17) is 4.74 Å². The van der Waals surface area contributed by atoms with Gasteiger partial charge >= 0.3 is 0 Å². The lowest BCUT2D eigenvalue weighted by atomic mass is 9.97. The molecule has 28 heavy (non-hydrogen) atoms. The molecule has 0 heterocycles. The first-order valence-corrected chi connectivity index (χ1v) is 10.2. The van der Waals surface area contributed by atoms with Crippen LogP contribution < -0.4 is 10.1 Å². The van der Waals surface area contributed by atoms with Crippen molar-refractivity contribution in [1.82, 2.24) is 0 Å². The van der Waals surface area contributed by atoms with Gasteiger partial charge in [-0.1, -0.05) is 47.1 Å². The smallest absolute Gasteiger partial charge is 0.165 e. The number of halogens is 1. The van der Waals surface area contributed by atoms with Crippen LogP contribution in [0.3, 0.4) is 0 Å². The third-order valence-electron chi connectivity index (χ3n) is 4.78. The van der Waals surface area contributed by atoms with E-state index in [1.165, 1.54) is 5.56 Å². The van der Waals surface area contributed by atoms with E-state index in [-0.39, 0.29) is 11.8 Å². The largest absolute Gasteiger partial charge is 0.497 e. The molecule has 0 fully saturated rings. The van der Waals surface area contributed by atoms with E-state index >= 15 is 0 Å². The molecule has 3 rings (SSSR count). The third kappa shape index (κ3) is 5.23. The van der Waals surface area contributed by atoms with E-state index in [0.717, 1.165) is 27.9 Å². The molecule has 0 aromatic heterocycles. The second-order valence-electron chi connectivity index (χ2n) is 6.65. The molecule has 0 spiro atoms. The summed E-state index contributed by atoms with van der Waals surface area (Å²) in [6, 6.07) is 23.6. The average molecular weight is 438 g/mol. The van der Waals surface area contributed by atoms with Gasteiger partial charge in [-0.25, -0.2) is 0 Å². The molecule has 0 aliphatic heterocycles. The zero-order valence-electron chi connectivity index (χ0n) is 16.1. The van der Waals surface area contributed by atoms with Crippen molar-refractivity contribution in [3.8, 4) is 5.75 Å². The number of carbonyl (C=O) groups excluding carboxylic acids is 1. The summed E-state index contributed by atoms with van der Waals surface area (Å²) in [6.45, 7) is 2.14. The normalized spacial score (nSPS) is 11.7. The van der Waals surface area contributed by atoms with Crippen LogP contribution in [-0.2, 0) is 6.42 Å². The van der Waals surface area contributed by atoms with Gasteiger partial charge in [-0.15, -0.1) is 0 Å². The lowest BCUT2D eigenvalue weighted by molar-refractivity contribution is 0.0976. The molecule has 3 aromatic carbocycles. The maximum Gasteiger partial charge on any atom is 0.165 e. The number of aryl methyl sites for hydroxylation is 1. The standard InChI is InChI=1S/C24H24BrNO2/c1-3-17-4-12-21(13-5-17)26-23(18-6-10-20(25)11-7-18)16-24(27)19-8-14-22(28-2)15-9-19/h4-15,23,26H,3,16H2,1-2H3. The first-order valence-electron chi connectivity index (χ1n) is 9.37. The summed E-state index contributed by atoms with van der Waals surface area (Å²) in [6.07, 6.45) is 1.37. The van der Waals surface area contributed by atoms with Crippen molar-refractivity contribution in [3.05, 3.63) is 94.0 Å². The number of ether oxygens (including phenoxy) is 1. The van der Waals surface area contributed by atoms with E-state index < -0.39 is 0 Å². The lowest BCUT2D eigenvalue weighted by Crippen LogP contribution is -2.16. The molecule has 1 atom stereocenters. The summed E-state index contributed by atoms with van der Waals surface area (Å²) in [7, 11) is 1.62. The first-order chi connectivity index (χ1) is 13.6. The number of ketones is 1. The molecule has 0 saturated heterocycles. The van der Waals surface area contributed by atoms with Crippen LogP contribution in [0.15, 0.2) is 77.3 Å². The summed E-state index contributed by atoms with van der Waals surface area (Å²) in [5.41, 5.74) is 4.06. The van der Waals surface area contributed by atoms with Crippen LogP contribution in [0.25, 0.3) is 0 Å². The van der Waals surface area contributed by atoms with Gasteiger partial charge < -0.3 is 10.1 Å². The van der Waals surface area contributed by atoms with Crippen molar-refractivity contribution >= 4 is 27.4 Å². The van der Waals surface area contributed by atoms with Crippen LogP contribution >= 0.6 is 15.9 Å². The highest BCUT2D eigenvalue weighted by atomic mass is 79.9. The summed E-state index contributed by atoms with van der Waals surface area (Å²) < 4.78 is 6.20. The van der Waals surface area contributed by atoms with Crippen molar-refractivity contribution in [1.29, 1.82) is 0 Å². The van der Waals surface area contributed by atoms with Gasteiger partial charge in [0.25, 0.3) is 0 Å². The fourth-order valence-electron chi connectivity index (χ4n) is 3.07. The van der Waals surface area contributed by atoms with Crippen LogP contribution in [0.1, 0.15) is 40.9 Å². The highest BCUT2D eigenvalue weighted by molar-refractivity contribution is 9.10. The van der Waals surface area contributed by atoms with Gasteiger partial charge in [0.2, 0.25) is 0 Å². The Morgan fingerprint density at radius 1 is 0.964 bits per heavy atom. The predicted octanol–water partition coefficient (Wildman–Crippen LogP) is 6.45. The zero-order chi connectivity index (χ0) is 19.9. The fraction of sp³-hybridized carbons (Fsp3) is 0.208. The van der Waals surface area contributed by atoms with E-state index in [2.05, 4.69) is 52.4 Å². The van der Waals surface area contributed by atoms with Gasteiger partial charge in [-0.3, -0.25) is 4.79 Å². The van der Waals surface area contributed by atoms with E-state index in [0.29, 0.717) is 12.0 Å². The first kappa shape index (κ1) is 20.2. The molecule has 144 valence electrons. The number of rotatable bonds is 8. The van der Waals surface area contributed by atoms with Crippen LogP contribution in [0.2, 0.25) is 0 Å². The average Bonchev–Trinajstić information content (AvgIpc) is 2.74. The monoisotopic (exact) mass is 437 g/mol. The molecule has 0 bridgehead atoms. The number of Topliss-reactive ketones (excluding diaryl/α,β-unsaturated/α-hetero) is 1. The summed E-state index contributed by atoms with van der Waals surface area (Å²) in [5, 5.41) is 3.53. The summed E-state index contributed by atoms with van der Waals surface area (Å²) in [4.78, 5) is 12.9. The summed E-state index contributed by atoms with van der Waals surface area (Å²) in [5.74, 6) is 0.836. The molecule has 0 radical (unpaired) electrons. The van der Waals surface area contributed by atoms with E-state index in [9.17, 15) is 4.79 Å². The molecule has 1 unspecified atom stereocenters. The second-order valence-corrected chi connectivity index (χ2v) is 7.57. The minimum absolute atomic E-state index is 0.0910. The van der Waals surface area contributed by atoms with Gasteiger partial charge in [-0.2, -0.15) is 0 Å². The molecule has 0 amide bonds. The number of hydrogen-bond donors (Lipinski definition) is 1. The molecular formula is C24H24BrNO2. The van der Waals surface area contributed by atoms with E-state index in [1.54, 1.807) is 7.11 Å².